The Morgan fingerprint density at radius 2 is 1.54 bits per heavy atom. The molecule has 1 saturated heterocycles. The third-order valence-corrected chi connectivity index (χ3v) is 5.08. The molecule has 26 heavy (non-hydrogen) atoms. The van der Waals surface area contributed by atoms with Crippen molar-refractivity contribution >= 4 is 0 Å². The van der Waals surface area contributed by atoms with Gasteiger partial charge in [-0.1, -0.05) is 57.2 Å². The minimum Gasteiger partial charge on any atom is -0.489 e. The number of piperidine rings is 1. The molecule has 2 aromatic rings. The van der Waals surface area contributed by atoms with Crippen molar-refractivity contribution < 1.29 is 4.74 Å². The van der Waals surface area contributed by atoms with Crippen LogP contribution in [0.3, 0.4) is 0 Å². The van der Waals surface area contributed by atoms with E-state index in [-0.39, 0.29) is 5.41 Å². The molecule has 0 saturated carbocycles. The Kier molecular flexibility index (Phi) is 6.33. The van der Waals surface area contributed by atoms with Crippen LogP contribution in [-0.2, 0) is 18.6 Å². The van der Waals surface area contributed by atoms with Gasteiger partial charge in [0.1, 0.15) is 12.4 Å². The summed E-state index contributed by atoms with van der Waals surface area (Å²) < 4.78 is 5.94. The average Bonchev–Trinajstić information content (AvgIpc) is 2.66. The summed E-state index contributed by atoms with van der Waals surface area (Å²) >= 11 is 0. The van der Waals surface area contributed by atoms with Crippen LogP contribution in [0, 0.1) is 0 Å². The summed E-state index contributed by atoms with van der Waals surface area (Å²) in [6, 6.07) is 17.8. The summed E-state index contributed by atoms with van der Waals surface area (Å²) in [5.41, 5.74) is 4.06. The topological polar surface area (TPSA) is 33.3 Å². The van der Waals surface area contributed by atoms with E-state index in [2.05, 4.69) is 79.9 Å². The van der Waals surface area contributed by atoms with Crippen LogP contribution >= 0.6 is 0 Å². The normalized spacial score (nSPS) is 15.8. The van der Waals surface area contributed by atoms with E-state index in [0.29, 0.717) is 12.6 Å². The number of hydrogen-bond donors (Lipinski definition) is 2. The summed E-state index contributed by atoms with van der Waals surface area (Å²) in [7, 11) is 0. The van der Waals surface area contributed by atoms with Crippen molar-refractivity contribution in [1.82, 2.24) is 10.6 Å². The lowest BCUT2D eigenvalue weighted by molar-refractivity contribution is 0.306. The van der Waals surface area contributed by atoms with E-state index < -0.39 is 0 Å². The van der Waals surface area contributed by atoms with Gasteiger partial charge in [-0.3, -0.25) is 0 Å². The fourth-order valence-electron chi connectivity index (χ4n) is 3.26. The van der Waals surface area contributed by atoms with Crippen molar-refractivity contribution in [2.75, 3.05) is 13.1 Å². The lowest BCUT2D eigenvalue weighted by Crippen LogP contribution is -2.39. The Hall–Kier alpha value is -1.84. The van der Waals surface area contributed by atoms with Gasteiger partial charge in [0.05, 0.1) is 0 Å². The van der Waals surface area contributed by atoms with Gasteiger partial charge in [-0.05, 0) is 60.2 Å². The van der Waals surface area contributed by atoms with E-state index in [4.69, 9.17) is 4.74 Å². The van der Waals surface area contributed by atoms with E-state index in [1.165, 1.54) is 29.5 Å². The first-order valence-electron chi connectivity index (χ1n) is 9.76. The van der Waals surface area contributed by atoms with E-state index in [1.54, 1.807) is 0 Å². The van der Waals surface area contributed by atoms with Gasteiger partial charge < -0.3 is 15.4 Å². The van der Waals surface area contributed by atoms with Gasteiger partial charge in [0.25, 0.3) is 0 Å². The van der Waals surface area contributed by atoms with Gasteiger partial charge in [0, 0.05) is 12.6 Å². The van der Waals surface area contributed by atoms with E-state index >= 15 is 0 Å². The van der Waals surface area contributed by atoms with Crippen molar-refractivity contribution in [1.29, 1.82) is 0 Å². The molecule has 140 valence electrons. The highest BCUT2D eigenvalue weighted by Crippen LogP contribution is 2.22. The third-order valence-electron chi connectivity index (χ3n) is 5.08. The van der Waals surface area contributed by atoms with Gasteiger partial charge >= 0.3 is 0 Å². The van der Waals surface area contributed by atoms with E-state index in [9.17, 15) is 0 Å². The zero-order valence-electron chi connectivity index (χ0n) is 16.3. The zero-order chi connectivity index (χ0) is 18.4. The smallest absolute Gasteiger partial charge is 0.119 e. The second-order valence-electron chi connectivity index (χ2n) is 8.28. The molecule has 0 atom stereocenters. The summed E-state index contributed by atoms with van der Waals surface area (Å²) in [6.07, 6.45) is 2.43. The number of nitrogens with one attached hydrogen (secondary N) is 2. The molecule has 0 amide bonds. The molecule has 2 N–H and O–H groups in total. The van der Waals surface area contributed by atoms with Gasteiger partial charge in [-0.2, -0.15) is 0 Å². The molecule has 1 heterocycles. The molecule has 3 rings (SSSR count). The molecule has 1 fully saturated rings. The number of rotatable bonds is 6. The van der Waals surface area contributed by atoms with Crippen molar-refractivity contribution in [2.24, 2.45) is 0 Å². The molecule has 0 aromatic heterocycles. The van der Waals surface area contributed by atoms with E-state index in [1.807, 2.05) is 0 Å². The first-order chi connectivity index (χ1) is 12.5. The Bertz CT molecular complexity index is 665. The maximum Gasteiger partial charge on any atom is 0.119 e. The number of benzene rings is 2. The van der Waals surface area contributed by atoms with Crippen LogP contribution in [-0.4, -0.2) is 19.1 Å². The van der Waals surface area contributed by atoms with Gasteiger partial charge in [0.15, 0.2) is 0 Å². The molecule has 3 heteroatoms. The molecule has 0 spiro atoms. The third kappa shape index (κ3) is 5.58. The molecule has 3 nitrogen and oxygen atoms in total. The monoisotopic (exact) mass is 352 g/mol. The van der Waals surface area contributed by atoms with Crippen molar-refractivity contribution in [2.45, 2.75) is 58.2 Å². The van der Waals surface area contributed by atoms with Gasteiger partial charge in [0.2, 0.25) is 0 Å². The Balaban J connectivity index is 1.46. The molecule has 1 aliphatic heterocycles. The van der Waals surface area contributed by atoms with Crippen LogP contribution in [0.2, 0.25) is 0 Å². The SMILES string of the molecule is CC(C)(C)c1ccc(COc2ccc(CNC3CCNCC3)cc2)cc1. The van der Waals surface area contributed by atoms with Crippen LogP contribution in [0.1, 0.15) is 50.3 Å². The highest BCUT2D eigenvalue weighted by Gasteiger charge is 2.13. The highest BCUT2D eigenvalue weighted by molar-refractivity contribution is 5.29. The maximum atomic E-state index is 5.94. The average molecular weight is 353 g/mol. The molecule has 0 aliphatic carbocycles. The van der Waals surface area contributed by atoms with Crippen LogP contribution in [0.4, 0.5) is 0 Å². The Morgan fingerprint density at radius 1 is 0.923 bits per heavy atom. The zero-order valence-corrected chi connectivity index (χ0v) is 16.3. The first kappa shape index (κ1) is 18.9. The molecule has 1 aliphatic rings. The Labute approximate surface area is 158 Å². The lowest BCUT2D eigenvalue weighted by atomic mass is 9.87. The minimum atomic E-state index is 0.192. The predicted molar refractivity (Wildman–Crippen MR) is 109 cm³/mol. The van der Waals surface area contributed by atoms with Crippen molar-refractivity contribution in [3.8, 4) is 5.75 Å². The molecule has 0 bridgehead atoms. The van der Waals surface area contributed by atoms with Gasteiger partial charge in [-0.25, -0.2) is 0 Å². The molecule has 0 unspecified atom stereocenters. The minimum absolute atomic E-state index is 0.192. The number of ether oxygens (including phenoxy) is 1. The van der Waals surface area contributed by atoms with E-state index in [0.717, 1.165) is 25.4 Å². The van der Waals surface area contributed by atoms with Crippen molar-refractivity contribution in [3.05, 3.63) is 65.2 Å². The van der Waals surface area contributed by atoms with Crippen LogP contribution in [0.5, 0.6) is 5.75 Å². The fraction of sp³-hybridized carbons (Fsp3) is 0.478. The Morgan fingerprint density at radius 3 is 2.15 bits per heavy atom. The molecule has 2 aromatic carbocycles. The maximum absolute atomic E-state index is 5.94. The lowest BCUT2D eigenvalue weighted by Gasteiger charge is -2.23. The summed E-state index contributed by atoms with van der Waals surface area (Å²) in [5.74, 6) is 0.926. The van der Waals surface area contributed by atoms with Crippen LogP contribution < -0.4 is 15.4 Å². The largest absolute Gasteiger partial charge is 0.489 e. The highest BCUT2D eigenvalue weighted by atomic mass is 16.5. The summed E-state index contributed by atoms with van der Waals surface area (Å²) in [5, 5.41) is 7.05. The quantitative estimate of drug-likeness (QED) is 0.808. The molecular weight excluding hydrogens is 320 g/mol. The summed E-state index contributed by atoms with van der Waals surface area (Å²) in [4.78, 5) is 0. The molecule has 0 radical (unpaired) electrons. The second kappa shape index (κ2) is 8.70. The van der Waals surface area contributed by atoms with Gasteiger partial charge in [-0.15, -0.1) is 0 Å². The first-order valence-corrected chi connectivity index (χ1v) is 9.76. The van der Waals surface area contributed by atoms with Crippen LogP contribution in [0.15, 0.2) is 48.5 Å². The van der Waals surface area contributed by atoms with Crippen LogP contribution in [0.25, 0.3) is 0 Å². The summed E-state index contributed by atoms with van der Waals surface area (Å²) in [6.45, 7) is 10.5. The standard InChI is InChI=1S/C23H32N2O/c1-23(2,3)20-8-4-19(5-9-20)17-26-22-10-6-18(7-11-22)16-25-21-12-14-24-15-13-21/h4-11,21,24-25H,12-17H2,1-3H3. The second-order valence-corrected chi connectivity index (χ2v) is 8.28. The number of hydrogen-bond acceptors (Lipinski definition) is 3. The predicted octanol–water partition coefficient (Wildman–Crippen LogP) is 4.40. The molecular formula is C23H32N2O. The fourth-order valence-corrected chi connectivity index (χ4v) is 3.26. The van der Waals surface area contributed by atoms with Crippen molar-refractivity contribution in [3.63, 3.8) is 0 Å².